The summed E-state index contributed by atoms with van der Waals surface area (Å²) < 4.78 is 0. The molecule has 0 aromatic heterocycles. The van der Waals surface area contributed by atoms with Crippen LogP contribution in [0.1, 0.15) is 57.1 Å². The molecule has 0 aliphatic carbocycles. The Hall–Kier alpha value is -2.66. The second-order valence-corrected chi connectivity index (χ2v) is 6.64. The lowest BCUT2D eigenvalue weighted by Gasteiger charge is -2.15. The molecule has 1 unspecified atom stereocenters. The third kappa shape index (κ3) is 5.17. The highest BCUT2D eigenvalue weighted by atomic mass is 16.1. The minimum atomic E-state index is -0.0434. The van der Waals surface area contributed by atoms with Gasteiger partial charge >= 0.3 is 0 Å². The molecule has 0 saturated heterocycles. The predicted molar refractivity (Wildman–Crippen MR) is 107 cm³/mol. The van der Waals surface area contributed by atoms with E-state index in [1.165, 1.54) is 0 Å². The van der Waals surface area contributed by atoms with E-state index >= 15 is 0 Å². The van der Waals surface area contributed by atoms with Crippen LogP contribution in [0.15, 0.2) is 66.2 Å². The monoisotopic (exact) mass is 345 g/mol. The second-order valence-electron chi connectivity index (χ2n) is 6.64. The summed E-state index contributed by atoms with van der Waals surface area (Å²) in [5.41, 5.74) is 2.83. The first kappa shape index (κ1) is 19.7. The molecule has 0 N–H and O–H groups in total. The van der Waals surface area contributed by atoms with Crippen LogP contribution in [0.3, 0.4) is 0 Å². The van der Waals surface area contributed by atoms with E-state index in [0.29, 0.717) is 12.3 Å². The quantitative estimate of drug-likeness (QED) is 0.402. The van der Waals surface area contributed by atoms with Crippen molar-refractivity contribution in [1.29, 1.82) is 5.26 Å². The van der Waals surface area contributed by atoms with Gasteiger partial charge in [0.05, 0.1) is 0 Å². The van der Waals surface area contributed by atoms with Crippen molar-refractivity contribution in [3.8, 4) is 6.07 Å². The molecule has 26 heavy (non-hydrogen) atoms. The largest absolute Gasteiger partial charge is 0.293 e. The Bertz CT molecular complexity index is 727. The van der Waals surface area contributed by atoms with Crippen LogP contribution >= 0.6 is 0 Å². The van der Waals surface area contributed by atoms with E-state index in [1.54, 1.807) is 0 Å². The van der Waals surface area contributed by atoms with E-state index in [2.05, 4.69) is 19.9 Å². The van der Waals surface area contributed by atoms with Gasteiger partial charge < -0.3 is 0 Å². The van der Waals surface area contributed by atoms with Crippen molar-refractivity contribution < 1.29 is 4.79 Å². The van der Waals surface area contributed by atoms with Crippen molar-refractivity contribution in [2.75, 3.05) is 0 Å². The average Bonchev–Trinajstić information content (AvgIpc) is 2.70. The molecule has 2 rings (SSSR count). The summed E-state index contributed by atoms with van der Waals surface area (Å²) in [6, 6.07) is 21.7. The van der Waals surface area contributed by atoms with Crippen LogP contribution in [0.25, 0.3) is 5.57 Å². The summed E-state index contributed by atoms with van der Waals surface area (Å²) in [6.07, 6.45) is 4.72. The molecule has 0 bridgehead atoms. The van der Waals surface area contributed by atoms with E-state index in [9.17, 15) is 10.1 Å². The molecule has 0 fully saturated rings. The zero-order valence-electron chi connectivity index (χ0n) is 15.7. The number of carbonyl (C=O) groups is 1. The highest BCUT2D eigenvalue weighted by Crippen LogP contribution is 2.29. The topological polar surface area (TPSA) is 40.9 Å². The maximum absolute atomic E-state index is 13.0. The van der Waals surface area contributed by atoms with E-state index in [1.807, 2.05) is 60.7 Å². The molecular weight excluding hydrogens is 318 g/mol. The van der Waals surface area contributed by atoms with Gasteiger partial charge in [0, 0.05) is 12.0 Å². The highest BCUT2D eigenvalue weighted by molar-refractivity contribution is 6.09. The Balaban J connectivity index is 2.45. The van der Waals surface area contributed by atoms with Gasteiger partial charge in [0.15, 0.2) is 5.78 Å². The summed E-state index contributed by atoms with van der Waals surface area (Å²) in [4.78, 5) is 13.0. The molecule has 0 aliphatic heterocycles. The molecule has 0 radical (unpaired) electrons. The number of nitrogens with zero attached hydrogens (tertiary/aromatic N) is 1. The maximum Gasteiger partial charge on any atom is 0.174 e. The molecule has 0 saturated carbocycles. The van der Waals surface area contributed by atoms with Gasteiger partial charge in [0.2, 0.25) is 0 Å². The number of hydrogen-bond acceptors (Lipinski definition) is 2. The number of unbranched alkanes of at least 4 members (excludes halogenated alkanes) is 1. The molecule has 0 spiro atoms. The molecule has 2 aromatic rings. The first-order chi connectivity index (χ1) is 12.7. The van der Waals surface area contributed by atoms with Crippen molar-refractivity contribution in [3.63, 3.8) is 0 Å². The predicted octanol–water partition coefficient (Wildman–Crippen LogP) is 6.19. The van der Waals surface area contributed by atoms with Crippen molar-refractivity contribution in [3.05, 3.63) is 77.4 Å². The number of hydrogen-bond donors (Lipinski definition) is 0. The van der Waals surface area contributed by atoms with Gasteiger partial charge in [-0.3, -0.25) is 4.79 Å². The van der Waals surface area contributed by atoms with E-state index in [-0.39, 0.29) is 11.4 Å². The molecule has 2 heteroatoms. The Morgan fingerprint density at radius 3 is 1.92 bits per heavy atom. The van der Waals surface area contributed by atoms with Crippen LogP contribution in [0.4, 0.5) is 0 Å². The molecule has 0 amide bonds. The number of carbonyl (C=O) groups excluding carboxylic acids is 1. The molecule has 0 aliphatic rings. The molecule has 2 aromatic carbocycles. The summed E-state index contributed by atoms with van der Waals surface area (Å²) in [7, 11) is 0. The molecular formula is C24H27NO. The van der Waals surface area contributed by atoms with Crippen LogP contribution in [0.2, 0.25) is 0 Å². The van der Waals surface area contributed by atoms with Gasteiger partial charge in [-0.2, -0.15) is 5.26 Å². The van der Waals surface area contributed by atoms with E-state index in [4.69, 9.17) is 0 Å². The number of rotatable bonds is 9. The van der Waals surface area contributed by atoms with Crippen molar-refractivity contribution in [1.82, 2.24) is 0 Å². The zero-order chi connectivity index (χ0) is 18.8. The Morgan fingerprint density at radius 2 is 1.50 bits per heavy atom. The minimum absolute atomic E-state index is 0.0434. The lowest BCUT2D eigenvalue weighted by Crippen LogP contribution is -2.11. The fourth-order valence-corrected chi connectivity index (χ4v) is 3.23. The van der Waals surface area contributed by atoms with Crippen molar-refractivity contribution in [2.45, 2.75) is 46.0 Å². The van der Waals surface area contributed by atoms with Crippen LogP contribution in [0.5, 0.6) is 0 Å². The van der Waals surface area contributed by atoms with E-state index < -0.39 is 0 Å². The molecule has 2 nitrogen and oxygen atoms in total. The lowest BCUT2D eigenvalue weighted by atomic mass is 9.87. The van der Waals surface area contributed by atoms with Crippen LogP contribution in [-0.2, 0) is 4.79 Å². The van der Waals surface area contributed by atoms with Gasteiger partial charge in [-0.25, -0.2) is 0 Å². The standard InChI is InChI=1S/C24H27NO/c1-3-5-12-19(4-2)17-23(26)22(18-25)24(20-13-8-6-9-14-20)21-15-10-7-11-16-21/h6-11,13-16,19H,3-5,12,17H2,1-2H3. The number of allylic oxidation sites excluding steroid dienone is 1. The molecule has 1 atom stereocenters. The smallest absolute Gasteiger partial charge is 0.174 e. The van der Waals surface area contributed by atoms with Crippen LogP contribution in [-0.4, -0.2) is 5.78 Å². The summed E-state index contributed by atoms with van der Waals surface area (Å²) in [6.45, 7) is 4.29. The number of ketones is 1. The molecule has 0 heterocycles. The lowest BCUT2D eigenvalue weighted by molar-refractivity contribution is -0.116. The van der Waals surface area contributed by atoms with Crippen molar-refractivity contribution >= 4 is 11.4 Å². The number of Topliss-reactive ketones (excluding diaryl/α,β-unsaturated/α-hetero) is 1. The van der Waals surface area contributed by atoms with Crippen molar-refractivity contribution in [2.24, 2.45) is 5.92 Å². The fourth-order valence-electron chi connectivity index (χ4n) is 3.23. The van der Waals surface area contributed by atoms with Gasteiger partial charge in [-0.05, 0) is 17.0 Å². The number of benzene rings is 2. The second kappa shape index (κ2) is 10.4. The van der Waals surface area contributed by atoms with Crippen LogP contribution in [0, 0.1) is 17.2 Å². The Kier molecular flexibility index (Phi) is 7.83. The van der Waals surface area contributed by atoms with Gasteiger partial charge in [0.1, 0.15) is 11.6 Å². The number of nitriles is 1. The Morgan fingerprint density at radius 1 is 0.962 bits per heavy atom. The summed E-state index contributed by atoms with van der Waals surface area (Å²) >= 11 is 0. The van der Waals surface area contributed by atoms with Gasteiger partial charge in [-0.1, -0.05) is 100 Å². The van der Waals surface area contributed by atoms with Gasteiger partial charge in [-0.15, -0.1) is 0 Å². The minimum Gasteiger partial charge on any atom is -0.293 e. The van der Waals surface area contributed by atoms with E-state index in [0.717, 1.165) is 42.4 Å². The highest BCUT2D eigenvalue weighted by Gasteiger charge is 2.21. The average molecular weight is 345 g/mol. The first-order valence-corrected chi connectivity index (χ1v) is 9.49. The Labute approximate surface area is 157 Å². The third-order valence-corrected chi connectivity index (χ3v) is 4.78. The fraction of sp³-hybridized carbons (Fsp3) is 0.333. The molecule has 134 valence electrons. The van der Waals surface area contributed by atoms with Crippen LogP contribution < -0.4 is 0 Å². The zero-order valence-corrected chi connectivity index (χ0v) is 15.7. The SMILES string of the molecule is CCCCC(CC)CC(=O)C(C#N)=C(c1ccccc1)c1ccccc1. The maximum atomic E-state index is 13.0. The normalized spacial score (nSPS) is 11.4. The first-order valence-electron chi connectivity index (χ1n) is 9.49. The third-order valence-electron chi connectivity index (χ3n) is 4.78. The van der Waals surface area contributed by atoms with Gasteiger partial charge in [0.25, 0.3) is 0 Å². The summed E-state index contributed by atoms with van der Waals surface area (Å²) in [5, 5.41) is 9.82. The summed E-state index contributed by atoms with van der Waals surface area (Å²) in [5.74, 6) is 0.303.